The summed E-state index contributed by atoms with van der Waals surface area (Å²) in [4.78, 5) is 0. The minimum absolute atomic E-state index is 0.0305. The highest BCUT2D eigenvalue weighted by atomic mass is 79.9. The van der Waals surface area contributed by atoms with Crippen LogP contribution in [0.3, 0.4) is 0 Å². The fourth-order valence-electron chi connectivity index (χ4n) is 3.71. The van der Waals surface area contributed by atoms with E-state index in [1.807, 2.05) is 24.3 Å². The van der Waals surface area contributed by atoms with Gasteiger partial charge in [-0.3, -0.25) is 5.10 Å². The number of aromatic nitrogens is 2. The smallest absolute Gasteiger partial charge is 0.244 e. The van der Waals surface area contributed by atoms with Crippen molar-refractivity contribution < 1.29 is 18.9 Å². The zero-order valence-electron chi connectivity index (χ0n) is 17.0. The van der Waals surface area contributed by atoms with Crippen molar-refractivity contribution in [3.63, 3.8) is 0 Å². The molecule has 3 aromatic rings. The number of nitrogens with two attached hydrogens (primary N) is 1. The van der Waals surface area contributed by atoms with Crippen molar-refractivity contribution in [1.29, 1.82) is 5.26 Å². The number of hydrogen-bond donors (Lipinski definition) is 2. The van der Waals surface area contributed by atoms with Crippen LogP contribution < -0.4 is 24.7 Å². The van der Waals surface area contributed by atoms with E-state index in [1.54, 1.807) is 33.5 Å². The molecule has 0 aliphatic carbocycles. The number of allylic oxidation sites excluding steroid dienone is 1. The molecule has 1 aliphatic heterocycles. The molecule has 9 heteroatoms. The van der Waals surface area contributed by atoms with Gasteiger partial charge in [-0.05, 0) is 29.8 Å². The Balaban J connectivity index is 1.96. The molecule has 158 valence electrons. The molecule has 0 saturated heterocycles. The summed E-state index contributed by atoms with van der Waals surface area (Å²) < 4.78 is 23.0. The number of ether oxygens (including phenoxy) is 4. The summed E-state index contributed by atoms with van der Waals surface area (Å²) in [7, 11) is 4.64. The summed E-state index contributed by atoms with van der Waals surface area (Å²) in [6, 6.07) is 13.5. The van der Waals surface area contributed by atoms with Gasteiger partial charge in [-0.2, -0.15) is 5.26 Å². The molecule has 8 nitrogen and oxygen atoms in total. The molecule has 2 aromatic carbocycles. The number of rotatable bonds is 5. The van der Waals surface area contributed by atoms with E-state index in [1.165, 1.54) is 0 Å². The second-order valence-corrected chi connectivity index (χ2v) is 7.63. The third-order valence-corrected chi connectivity index (χ3v) is 5.57. The number of nitriles is 1. The quantitative estimate of drug-likeness (QED) is 0.562. The maximum Gasteiger partial charge on any atom is 0.244 e. The second kappa shape index (κ2) is 8.24. The molecular formula is C22H19BrN4O4. The minimum Gasteiger partial charge on any atom is -0.493 e. The third kappa shape index (κ3) is 3.45. The number of methoxy groups -OCH3 is 3. The number of hydrogen-bond acceptors (Lipinski definition) is 7. The lowest BCUT2D eigenvalue weighted by Crippen LogP contribution is -2.21. The zero-order valence-corrected chi connectivity index (χ0v) is 18.6. The summed E-state index contributed by atoms with van der Waals surface area (Å²) >= 11 is 3.50. The van der Waals surface area contributed by atoms with Gasteiger partial charge in [0.25, 0.3) is 0 Å². The van der Waals surface area contributed by atoms with Gasteiger partial charge in [-0.15, -0.1) is 5.10 Å². The van der Waals surface area contributed by atoms with Crippen LogP contribution in [0.15, 0.2) is 52.3 Å². The maximum atomic E-state index is 9.85. The van der Waals surface area contributed by atoms with Crippen LogP contribution in [0.2, 0.25) is 0 Å². The lowest BCUT2D eigenvalue weighted by Gasteiger charge is -2.24. The van der Waals surface area contributed by atoms with Crippen LogP contribution in [0.25, 0.3) is 11.3 Å². The molecule has 0 radical (unpaired) electrons. The minimum atomic E-state index is -0.473. The largest absolute Gasteiger partial charge is 0.493 e. The van der Waals surface area contributed by atoms with Gasteiger partial charge in [0.05, 0.1) is 38.5 Å². The molecule has 0 fully saturated rings. The van der Waals surface area contributed by atoms with Crippen molar-refractivity contribution in [1.82, 2.24) is 10.2 Å². The number of aromatic amines is 1. The average Bonchev–Trinajstić information content (AvgIpc) is 3.20. The van der Waals surface area contributed by atoms with E-state index >= 15 is 0 Å². The van der Waals surface area contributed by atoms with E-state index in [0.717, 1.165) is 15.6 Å². The average molecular weight is 483 g/mol. The van der Waals surface area contributed by atoms with Gasteiger partial charge in [-0.1, -0.05) is 28.1 Å². The number of H-pyrrole nitrogens is 1. The van der Waals surface area contributed by atoms with E-state index in [4.69, 9.17) is 24.7 Å². The monoisotopic (exact) mass is 482 g/mol. The summed E-state index contributed by atoms with van der Waals surface area (Å²) in [6.07, 6.45) is 0. The summed E-state index contributed by atoms with van der Waals surface area (Å²) in [6.45, 7) is 0. The van der Waals surface area contributed by atoms with Gasteiger partial charge in [0, 0.05) is 10.0 Å². The first kappa shape index (κ1) is 20.6. The SMILES string of the molecule is COc1cc(-c2[nH]nc3c2[C@@H](c2cccc(Br)c2)C(C#N)=C(N)O3)cc(OC)c1OC. The summed E-state index contributed by atoms with van der Waals surface area (Å²) in [5.41, 5.74) is 9.31. The lowest BCUT2D eigenvalue weighted by atomic mass is 9.83. The standard InChI is InChI=1S/C22H19BrN4O4/c1-28-15-8-12(9-16(29-2)20(15)30-3)19-18-17(11-5-4-6-13(23)7-11)14(10-24)21(25)31-22(18)27-26-19/h4-9,17H,25H2,1-3H3,(H,26,27)/t17-/m0/s1. The topological polar surface area (TPSA) is 115 Å². The van der Waals surface area contributed by atoms with Crippen LogP contribution in [0.5, 0.6) is 23.1 Å². The lowest BCUT2D eigenvalue weighted by molar-refractivity contribution is 0.324. The van der Waals surface area contributed by atoms with E-state index in [9.17, 15) is 5.26 Å². The molecule has 2 heterocycles. The van der Waals surface area contributed by atoms with E-state index in [-0.39, 0.29) is 5.88 Å². The zero-order chi connectivity index (χ0) is 22.1. The summed E-state index contributed by atoms with van der Waals surface area (Å²) in [5, 5.41) is 17.2. The van der Waals surface area contributed by atoms with Crippen LogP contribution in [0, 0.1) is 11.3 Å². The molecule has 3 N–H and O–H groups in total. The first-order valence-electron chi connectivity index (χ1n) is 9.24. The van der Waals surface area contributed by atoms with Crippen LogP contribution in [0.1, 0.15) is 17.0 Å². The van der Waals surface area contributed by atoms with Crippen LogP contribution in [0.4, 0.5) is 0 Å². The maximum absolute atomic E-state index is 9.85. The molecule has 0 spiro atoms. The molecule has 0 unspecified atom stereocenters. The molecule has 1 aromatic heterocycles. The number of fused-ring (bicyclic) bond motifs is 1. The van der Waals surface area contributed by atoms with Crippen molar-refractivity contribution in [2.45, 2.75) is 5.92 Å². The molecular weight excluding hydrogens is 464 g/mol. The van der Waals surface area contributed by atoms with Crippen molar-refractivity contribution >= 4 is 15.9 Å². The highest BCUT2D eigenvalue weighted by Gasteiger charge is 2.36. The Morgan fingerprint density at radius 3 is 2.42 bits per heavy atom. The van der Waals surface area contributed by atoms with Crippen LogP contribution >= 0.6 is 15.9 Å². The number of nitrogens with zero attached hydrogens (tertiary/aromatic N) is 2. The van der Waals surface area contributed by atoms with Gasteiger partial charge in [0.2, 0.25) is 17.5 Å². The molecule has 1 atom stereocenters. The van der Waals surface area contributed by atoms with Gasteiger partial charge < -0.3 is 24.7 Å². The number of benzene rings is 2. The molecule has 1 aliphatic rings. The molecule has 0 amide bonds. The van der Waals surface area contributed by atoms with Crippen molar-refractivity contribution in [2.75, 3.05) is 21.3 Å². The number of nitrogens with one attached hydrogen (secondary N) is 1. The Labute approximate surface area is 187 Å². The number of halogens is 1. The van der Waals surface area contributed by atoms with Gasteiger partial charge in [0.15, 0.2) is 11.5 Å². The third-order valence-electron chi connectivity index (χ3n) is 5.07. The Hall–Kier alpha value is -3.64. The van der Waals surface area contributed by atoms with E-state index in [0.29, 0.717) is 40.0 Å². The predicted molar refractivity (Wildman–Crippen MR) is 117 cm³/mol. The van der Waals surface area contributed by atoms with E-state index < -0.39 is 5.92 Å². The molecule has 31 heavy (non-hydrogen) atoms. The van der Waals surface area contributed by atoms with Crippen molar-refractivity contribution in [3.05, 3.63) is 63.5 Å². The van der Waals surface area contributed by atoms with E-state index in [2.05, 4.69) is 32.2 Å². The Kier molecular flexibility index (Phi) is 5.48. The first-order valence-corrected chi connectivity index (χ1v) is 10.0. The first-order chi connectivity index (χ1) is 15.0. The van der Waals surface area contributed by atoms with Crippen LogP contribution in [-0.2, 0) is 0 Å². The molecule has 0 bridgehead atoms. The van der Waals surface area contributed by atoms with Gasteiger partial charge >= 0.3 is 0 Å². The summed E-state index contributed by atoms with van der Waals surface area (Å²) in [5.74, 6) is 1.33. The highest BCUT2D eigenvalue weighted by molar-refractivity contribution is 9.10. The van der Waals surface area contributed by atoms with Crippen molar-refractivity contribution in [2.24, 2.45) is 5.73 Å². The van der Waals surface area contributed by atoms with Gasteiger partial charge in [-0.25, -0.2) is 0 Å². The highest BCUT2D eigenvalue weighted by Crippen LogP contribution is 2.48. The Morgan fingerprint density at radius 1 is 1.13 bits per heavy atom. The van der Waals surface area contributed by atoms with Crippen LogP contribution in [-0.4, -0.2) is 31.5 Å². The Bertz CT molecular complexity index is 1200. The normalized spacial score (nSPS) is 15.0. The predicted octanol–water partition coefficient (Wildman–Crippen LogP) is 4.08. The molecule has 4 rings (SSSR count). The fraction of sp³-hybridized carbons (Fsp3) is 0.182. The van der Waals surface area contributed by atoms with Crippen molar-refractivity contribution in [3.8, 4) is 40.5 Å². The second-order valence-electron chi connectivity index (χ2n) is 6.71. The Morgan fingerprint density at radius 2 is 1.84 bits per heavy atom. The fourth-order valence-corrected chi connectivity index (χ4v) is 4.13. The molecule has 0 saturated carbocycles. The van der Waals surface area contributed by atoms with Gasteiger partial charge in [0.1, 0.15) is 11.6 Å².